The van der Waals surface area contributed by atoms with Crippen LogP contribution in [0.15, 0.2) is 0 Å². The minimum atomic E-state index is -0.997. The molecule has 0 heterocycles. The zero-order valence-electron chi connectivity index (χ0n) is 8.77. The van der Waals surface area contributed by atoms with Crippen LogP contribution in [-0.2, 0) is 0 Å². The van der Waals surface area contributed by atoms with Crippen molar-refractivity contribution in [3.05, 3.63) is 10.1 Å². The van der Waals surface area contributed by atoms with Gasteiger partial charge in [0.15, 0.2) is 0 Å². The summed E-state index contributed by atoms with van der Waals surface area (Å²) in [5.74, 6) is -0.0949. The Morgan fingerprint density at radius 2 is 2.00 bits per heavy atom. The third-order valence-corrected chi connectivity index (χ3v) is 2.31. The van der Waals surface area contributed by atoms with E-state index in [9.17, 15) is 10.1 Å². The first kappa shape index (κ1) is 13.3. The average Bonchev–Trinajstić information content (AvgIpc) is 2.11. The topological polar surface area (TPSA) is 83.6 Å². The highest BCUT2D eigenvalue weighted by Crippen LogP contribution is 2.22. The molecule has 0 aromatic rings. The van der Waals surface area contributed by atoms with Crippen LogP contribution in [0, 0.1) is 16.0 Å². The molecule has 14 heavy (non-hydrogen) atoms. The summed E-state index contributed by atoms with van der Waals surface area (Å²) in [6, 6.07) is 0. The van der Waals surface area contributed by atoms with E-state index in [2.05, 4.69) is 0 Å². The molecule has 0 amide bonds. The van der Waals surface area contributed by atoms with Crippen molar-refractivity contribution in [1.29, 1.82) is 0 Å². The molecule has 0 spiro atoms. The molecule has 0 fully saturated rings. The Labute approximate surface area is 83.9 Å². The van der Waals surface area contributed by atoms with Gasteiger partial charge >= 0.3 is 0 Å². The van der Waals surface area contributed by atoms with E-state index in [-0.39, 0.29) is 24.1 Å². The van der Waals surface area contributed by atoms with Crippen LogP contribution in [0.2, 0.25) is 0 Å². The Bertz CT molecular complexity index is 182. The highest BCUT2D eigenvalue weighted by molar-refractivity contribution is 4.72. The predicted molar refractivity (Wildman–Crippen MR) is 52.6 cm³/mol. The van der Waals surface area contributed by atoms with Crippen LogP contribution in [0.25, 0.3) is 0 Å². The Balaban J connectivity index is 4.09. The van der Waals surface area contributed by atoms with E-state index >= 15 is 0 Å². The van der Waals surface area contributed by atoms with E-state index < -0.39 is 5.54 Å². The van der Waals surface area contributed by atoms with Gasteiger partial charge in [-0.2, -0.15) is 0 Å². The molecule has 0 radical (unpaired) electrons. The van der Waals surface area contributed by atoms with Crippen molar-refractivity contribution in [1.82, 2.24) is 0 Å². The lowest BCUT2D eigenvalue weighted by molar-refractivity contribution is -0.563. The molecule has 0 rings (SSSR count). The summed E-state index contributed by atoms with van der Waals surface area (Å²) < 4.78 is 0. The maximum atomic E-state index is 10.6. The lowest BCUT2D eigenvalue weighted by atomic mass is 9.89. The van der Waals surface area contributed by atoms with Gasteiger partial charge in [-0.1, -0.05) is 0 Å². The lowest BCUT2D eigenvalue weighted by Gasteiger charge is -2.21. The smallest absolute Gasteiger partial charge is 0.217 e. The maximum Gasteiger partial charge on any atom is 0.217 e. The van der Waals surface area contributed by atoms with E-state index in [0.29, 0.717) is 19.3 Å². The first-order chi connectivity index (χ1) is 6.44. The van der Waals surface area contributed by atoms with Gasteiger partial charge in [0.25, 0.3) is 0 Å². The van der Waals surface area contributed by atoms with Crippen molar-refractivity contribution in [3.8, 4) is 0 Å². The van der Waals surface area contributed by atoms with Gasteiger partial charge in [0.2, 0.25) is 5.54 Å². The van der Waals surface area contributed by atoms with Gasteiger partial charge in [0, 0.05) is 38.4 Å². The number of nitro groups is 1. The molecular weight excluding hydrogens is 186 g/mol. The van der Waals surface area contributed by atoms with Crippen LogP contribution in [0.5, 0.6) is 0 Å². The van der Waals surface area contributed by atoms with Gasteiger partial charge in [-0.05, 0) is 18.8 Å². The monoisotopic (exact) mass is 205 g/mol. The van der Waals surface area contributed by atoms with Gasteiger partial charge in [0.1, 0.15) is 0 Å². The highest BCUT2D eigenvalue weighted by Gasteiger charge is 2.33. The van der Waals surface area contributed by atoms with Gasteiger partial charge in [0.05, 0.1) is 0 Å². The Morgan fingerprint density at radius 3 is 2.36 bits per heavy atom. The molecule has 84 valence electrons. The summed E-state index contributed by atoms with van der Waals surface area (Å²) in [5.41, 5.74) is -0.997. The third-order valence-electron chi connectivity index (χ3n) is 2.31. The fraction of sp³-hybridized carbons (Fsp3) is 1.00. The minimum absolute atomic E-state index is 0.0583. The van der Waals surface area contributed by atoms with Crippen LogP contribution >= 0.6 is 0 Å². The predicted octanol–water partition coefficient (Wildman–Crippen LogP) is 0.813. The largest absolute Gasteiger partial charge is 0.396 e. The number of aliphatic hydroxyl groups is 2. The molecule has 0 saturated heterocycles. The van der Waals surface area contributed by atoms with Crippen molar-refractivity contribution >= 4 is 0 Å². The highest BCUT2D eigenvalue weighted by atomic mass is 16.6. The number of hydrogen-bond donors (Lipinski definition) is 2. The fourth-order valence-corrected chi connectivity index (χ4v) is 1.42. The van der Waals surface area contributed by atoms with Crippen molar-refractivity contribution in [2.45, 2.75) is 38.6 Å². The molecule has 0 aliphatic heterocycles. The second-order valence-electron chi connectivity index (χ2n) is 4.19. The minimum Gasteiger partial charge on any atom is -0.396 e. The second-order valence-corrected chi connectivity index (χ2v) is 4.19. The lowest BCUT2D eigenvalue weighted by Crippen LogP contribution is -2.34. The Kier molecular flexibility index (Phi) is 5.64. The van der Waals surface area contributed by atoms with Gasteiger partial charge in [-0.3, -0.25) is 10.1 Å². The van der Waals surface area contributed by atoms with Crippen molar-refractivity contribution < 1.29 is 15.1 Å². The molecule has 0 aromatic carbocycles. The maximum absolute atomic E-state index is 10.6. The van der Waals surface area contributed by atoms with Crippen LogP contribution in [0.3, 0.4) is 0 Å². The van der Waals surface area contributed by atoms with Gasteiger partial charge < -0.3 is 10.2 Å². The number of rotatable bonds is 7. The molecule has 0 aliphatic carbocycles. The molecule has 0 aliphatic rings. The average molecular weight is 205 g/mol. The van der Waals surface area contributed by atoms with E-state index in [1.54, 1.807) is 13.8 Å². The van der Waals surface area contributed by atoms with Crippen molar-refractivity contribution in [3.63, 3.8) is 0 Å². The quantitative estimate of drug-likeness (QED) is 0.476. The molecule has 1 atom stereocenters. The zero-order valence-corrected chi connectivity index (χ0v) is 8.77. The number of nitrogens with zero attached hydrogens (tertiary/aromatic N) is 1. The second kappa shape index (κ2) is 5.93. The van der Waals surface area contributed by atoms with Gasteiger partial charge in [-0.25, -0.2) is 0 Å². The van der Waals surface area contributed by atoms with Gasteiger partial charge in [-0.15, -0.1) is 0 Å². The first-order valence-corrected chi connectivity index (χ1v) is 4.80. The molecule has 5 nitrogen and oxygen atoms in total. The van der Waals surface area contributed by atoms with Crippen LogP contribution in [0.1, 0.15) is 33.1 Å². The molecule has 0 aromatic heterocycles. The fourth-order valence-electron chi connectivity index (χ4n) is 1.42. The summed E-state index contributed by atoms with van der Waals surface area (Å²) in [6.07, 6.45) is 1.56. The zero-order chi connectivity index (χ0) is 11.2. The van der Waals surface area contributed by atoms with Crippen molar-refractivity contribution in [2.75, 3.05) is 13.2 Å². The van der Waals surface area contributed by atoms with Crippen molar-refractivity contribution in [2.24, 2.45) is 5.92 Å². The van der Waals surface area contributed by atoms with Crippen LogP contribution < -0.4 is 0 Å². The normalized spacial score (nSPS) is 14.0. The molecular formula is C9H19NO4. The summed E-state index contributed by atoms with van der Waals surface area (Å²) in [6.45, 7) is 3.11. The first-order valence-electron chi connectivity index (χ1n) is 4.80. The van der Waals surface area contributed by atoms with E-state index in [4.69, 9.17) is 10.2 Å². The summed E-state index contributed by atoms with van der Waals surface area (Å²) in [4.78, 5) is 10.3. The molecule has 0 bridgehead atoms. The molecule has 2 N–H and O–H groups in total. The van der Waals surface area contributed by atoms with E-state index in [1.807, 2.05) is 0 Å². The SMILES string of the molecule is CC(C)(CC(CO)CCCO)[N+](=O)[O-]. The number of hydrogen-bond acceptors (Lipinski definition) is 4. The Morgan fingerprint density at radius 1 is 1.43 bits per heavy atom. The molecule has 5 heteroatoms. The summed E-state index contributed by atoms with van der Waals surface area (Å²) >= 11 is 0. The summed E-state index contributed by atoms with van der Waals surface area (Å²) in [7, 11) is 0. The van der Waals surface area contributed by atoms with Crippen LogP contribution in [0.4, 0.5) is 0 Å². The third kappa shape index (κ3) is 4.53. The molecule has 1 unspecified atom stereocenters. The number of aliphatic hydroxyl groups excluding tert-OH is 2. The van der Waals surface area contributed by atoms with Crippen LogP contribution in [-0.4, -0.2) is 33.9 Å². The Hall–Kier alpha value is -0.680. The standard InChI is InChI=1S/C9H19NO4/c1-9(2,10(13)14)6-8(7-12)4-3-5-11/h8,11-12H,3-7H2,1-2H3. The van der Waals surface area contributed by atoms with E-state index in [0.717, 1.165) is 0 Å². The summed E-state index contributed by atoms with van der Waals surface area (Å²) in [5, 5.41) is 28.2. The molecule has 0 saturated carbocycles. The van der Waals surface area contributed by atoms with E-state index in [1.165, 1.54) is 0 Å².